The zero-order valence-corrected chi connectivity index (χ0v) is 26.0. The highest BCUT2D eigenvalue weighted by Crippen LogP contribution is 2.27. The number of Topliss-reactive ketones (excluding diaryl/α,β-unsaturated/α-hetero) is 1. The number of nitrogens with zero attached hydrogens (tertiary/aromatic N) is 5. The molecule has 0 unspecified atom stereocenters. The van der Waals surface area contributed by atoms with Crippen LogP contribution in [0.3, 0.4) is 0 Å². The lowest BCUT2D eigenvalue weighted by molar-refractivity contribution is -0.132. The third kappa shape index (κ3) is 7.35. The number of carbonyl (C=O) groups excluding carboxylic acids is 2. The number of halogens is 1. The monoisotopic (exact) mass is 583 g/mol. The normalized spacial score (nSPS) is 19.0. The van der Waals surface area contributed by atoms with Gasteiger partial charge < -0.3 is 20.3 Å². The van der Waals surface area contributed by atoms with Gasteiger partial charge in [-0.3, -0.25) is 14.0 Å². The van der Waals surface area contributed by atoms with Crippen LogP contribution in [-0.2, 0) is 14.3 Å². The fourth-order valence-corrected chi connectivity index (χ4v) is 5.59. The average molecular weight is 584 g/mol. The molecule has 0 saturated carbocycles. The lowest BCUT2D eigenvalue weighted by Crippen LogP contribution is -2.48. The van der Waals surface area contributed by atoms with Gasteiger partial charge in [0.2, 0.25) is 5.65 Å². The van der Waals surface area contributed by atoms with E-state index in [2.05, 4.69) is 57.8 Å². The third-order valence-corrected chi connectivity index (χ3v) is 7.79. The third-order valence-electron chi connectivity index (χ3n) is 7.79. The molecule has 2 N–H and O–H groups in total. The molecule has 11 heteroatoms. The maximum Gasteiger partial charge on any atom is 0.255 e. The Morgan fingerprint density at radius 1 is 1.05 bits per heavy atom. The molecule has 0 bridgehead atoms. The summed E-state index contributed by atoms with van der Waals surface area (Å²) in [7, 11) is 0. The van der Waals surface area contributed by atoms with Crippen LogP contribution in [0.4, 0.5) is 15.9 Å². The van der Waals surface area contributed by atoms with Gasteiger partial charge in [0, 0.05) is 31.7 Å². The van der Waals surface area contributed by atoms with Crippen molar-refractivity contribution in [1.82, 2.24) is 24.9 Å². The Morgan fingerprint density at radius 3 is 2.43 bits per heavy atom. The number of benzene rings is 1. The number of aromatic nitrogens is 4. The molecular formula is C31H46FN7O3. The van der Waals surface area contributed by atoms with Gasteiger partial charge in [-0.05, 0) is 63.6 Å². The summed E-state index contributed by atoms with van der Waals surface area (Å²) in [6, 6.07) is 5.65. The predicted octanol–water partition coefficient (Wildman–Crippen LogP) is 4.88. The number of nitrogens with one attached hydrogen (secondary N) is 2. The fraction of sp³-hybridized carbons (Fsp3) is 0.645. The minimum Gasteiger partial charge on any atom is -0.372 e. The summed E-state index contributed by atoms with van der Waals surface area (Å²) < 4.78 is 22.0. The summed E-state index contributed by atoms with van der Waals surface area (Å²) in [5.74, 6) is 0.165. The molecule has 230 valence electrons. The molecule has 0 radical (unpaired) electrons. The second-order valence-electron chi connectivity index (χ2n) is 12.3. The van der Waals surface area contributed by atoms with E-state index in [9.17, 15) is 14.0 Å². The van der Waals surface area contributed by atoms with Crippen LogP contribution in [0.2, 0.25) is 0 Å². The van der Waals surface area contributed by atoms with E-state index >= 15 is 0 Å². The fourth-order valence-electron chi connectivity index (χ4n) is 5.59. The standard InChI is InChI=1S/C31H46FN7O3/c1-18(2)27(32)31(41)35-28(19(3)4)26(40)11-9-8-10-14-33-29-30-37-36-22(7)39(30)25-13-12-23(15-24(25)34-29)38-16-20(5)42-21(6)17-38/h12-13,15,18-21,27-28H,8-11,14,16-17H2,1-7H3,(H,33,34)(H,35,41)/t20-,21+,27-,28-/m0/s1. The van der Waals surface area contributed by atoms with Crippen LogP contribution in [-0.4, -0.2) is 75.3 Å². The van der Waals surface area contributed by atoms with Crippen molar-refractivity contribution < 1.29 is 18.7 Å². The summed E-state index contributed by atoms with van der Waals surface area (Å²) >= 11 is 0. The first-order chi connectivity index (χ1) is 20.0. The summed E-state index contributed by atoms with van der Waals surface area (Å²) in [4.78, 5) is 32.3. The molecule has 42 heavy (non-hydrogen) atoms. The molecule has 0 spiro atoms. The number of hydrogen-bond donors (Lipinski definition) is 2. The number of morpholine rings is 1. The number of amides is 1. The van der Waals surface area contributed by atoms with E-state index in [1.807, 2.05) is 25.2 Å². The zero-order valence-electron chi connectivity index (χ0n) is 26.0. The number of ketones is 1. The highest BCUT2D eigenvalue weighted by atomic mass is 19.1. The first-order valence-corrected chi connectivity index (χ1v) is 15.2. The van der Waals surface area contributed by atoms with Crippen molar-refractivity contribution >= 4 is 39.9 Å². The first-order valence-electron chi connectivity index (χ1n) is 15.2. The Labute approximate surface area is 247 Å². The Morgan fingerprint density at radius 2 is 1.76 bits per heavy atom. The number of aryl methyl sites for hydroxylation is 1. The smallest absolute Gasteiger partial charge is 0.255 e. The van der Waals surface area contributed by atoms with Crippen LogP contribution in [0.5, 0.6) is 0 Å². The quantitative estimate of drug-likeness (QED) is 0.274. The molecule has 4 atom stereocenters. The van der Waals surface area contributed by atoms with Gasteiger partial charge in [0.1, 0.15) is 5.82 Å². The van der Waals surface area contributed by atoms with Crippen LogP contribution in [0.15, 0.2) is 18.2 Å². The van der Waals surface area contributed by atoms with E-state index < -0.39 is 24.0 Å². The lowest BCUT2D eigenvalue weighted by Gasteiger charge is -2.36. The van der Waals surface area contributed by atoms with Gasteiger partial charge >= 0.3 is 0 Å². The molecule has 1 aliphatic heterocycles. The highest BCUT2D eigenvalue weighted by Gasteiger charge is 2.29. The molecule has 10 nitrogen and oxygen atoms in total. The molecule has 3 heterocycles. The van der Waals surface area contributed by atoms with Crippen LogP contribution < -0.4 is 15.5 Å². The van der Waals surface area contributed by atoms with Crippen molar-refractivity contribution in [2.24, 2.45) is 11.8 Å². The molecule has 1 saturated heterocycles. The van der Waals surface area contributed by atoms with Gasteiger partial charge in [-0.25, -0.2) is 9.37 Å². The minimum atomic E-state index is -1.62. The van der Waals surface area contributed by atoms with E-state index in [0.717, 1.165) is 48.5 Å². The zero-order chi connectivity index (χ0) is 30.6. The Hall–Kier alpha value is -3.34. The van der Waals surface area contributed by atoms with Gasteiger partial charge in [0.05, 0.1) is 29.3 Å². The van der Waals surface area contributed by atoms with E-state index in [-0.39, 0.29) is 23.9 Å². The van der Waals surface area contributed by atoms with Gasteiger partial charge in [-0.2, -0.15) is 0 Å². The van der Waals surface area contributed by atoms with Crippen LogP contribution in [0.1, 0.15) is 73.1 Å². The SMILES string of the molecule is Cc1nnc2c(NCCCCCC(=O)[C@@H](NC(=O)[C@@H](F)C(C)C)C(C)C)nc3cc(N4C[C@@H](C)O[C@@H](C)C4)ccc3n12. The second-order valence-corrected chi connectivity index (χ2v) is 12.3. The molecular weight excluding hydrogens is 537 g/mol. The van der Waals surface area contributed by atoms with Crippen LogP contribution in [0.25, 0.3) is 16.7 Å². The summed E-state index contributed by atoms with van der Waals surface area (Å²) in [5.41, 5.74) is 3.60. The number of alkyl halides is 1. The van der Waals surface area contributed by atoms with Crippen molar-refractivity contribution in [3.05, 3.63) is 24.0 Å². The number of ether oxygens (including phenoxy) is 1. The summed E-state index contributed by atoms with van der Waals surface area (Å²) in [5, 5.41) is 14.7. The van der Waals surface area contributed by atoms with E-state index in [0.29, 0.717) is 30.9 Å². The van der Waals surface area contributed by atoms with Crippen molar-refractivity contribution in [3.8, 4) is 0 Å². The lowest BCUT2D eigenvalue weighted by atomic mass is 9.95. The van der Waals surface area contributed by atoms with Crippen molar-refractivity contribution in [2.75, 3.05) is 29.9 Å². The van der Waals surface area contributed by atoms with Crippen molar-refractivity contribution in [2.45, 2.75) is 98.6 Å². The van der Waals surface area contributed by atoms with E-state index in [1.165, 1.54) is 0 Å². The number of carbonyl (C=O) groups is 2. The maximum atomic E-state index is 14.1. The minimum absolute atomic E-state index is 0.0565. The molecule has 1 amide bonds. The number of rotatable bonds is 13. The Bertz CT molecular complexity index is 1380. The number of unbranched alkanes of at least 4 members (excludes halogenated alkanes) is 2. The van der Waals surface area contributed by atoms with Crippen molar-refractivity contribution in [1.29, 1.82) is 0 Å². The van der Waals surface area contributed by atoms with Gasteiger partial charge in [-0.1, -0.05) is 34.1 Å². The molecule has 3 aromatic rings. The average Bonchev–Trinajstić information content (AvgIpc) is 3.33. The van der Waals surface area contributed by atoms with Crippen LogP contribution in [0, 0.1) is 18.8 Å². The van der Waals surface area contributed by atoms with E-state index in [4.69, 9.17) is 9.72 Å². The highest BCUT2D eigenvalue weighted by molar-refractivity contribution is 5.90. The Balaban J connectivity index is 1.36. The summed E-state index contributed by atoms with van der Waals surface area (Å²) in [6.07, 6.45) is 1.38. The molecule has 0 aliphatic carbocycles. The number of anilines is 2. The Kier molecular flexibility index (Phi) is 10.3. The second kappa shape index (κ2) is 13.8. The molecule has 1 fully saturated rings. The predicted molar refractivity (Wildman–Crippen MR) is 164 cm³/mol. The number of hydrogen-bond acceptors (Lipinski definition) is 8. The topological polar surface area (TPSA) is 114 Å². The summed E-state index contributed by atoms with van der Waals surface area (Å²) in [6.45, 7) is 15.5. The molecule has 2 aromatic heterocycles. The van der Waals surface area contributed by atoms with Gasteiger partial charge in [0.15, 0.2) is 17.8 Å². The van der Waals surface area contributed by atoms with Crippen LogP contribution >= 0.6 is 0 Å². The van der Waals surface area contributed by atoms with E-state index in [1.54, 1.807) is 13.8 Å². The number of fused-ring (bicyclic) bond motifs is 3. The first kappa shape index (κ1) is 31.6. The molecule has 1 aromatic carbocycles. The molecule has 4 rings (SSSR count). The van der Waals surface area contributed by atoms with Gasteiger partial charge in [-0.15, -0.1) is 10.2 Å². The van der Waals surface area contributed by atoms with Crippen molar-refractivity contribution in [3.63, 3.8) is 0 Å². The van der Waals surface area contributed by atoms with Gasteiger partial charge in [0.25, 0.3) is 5.91 Å². The molecule has 1 aliphatic rings. The largest absolute Gasteiger partial charge is 0.372 e. The maximum absolute atomic E-state index is 14.1.